The van der Waals surface area contributed by atoms with Crippen molar-refractivity contribution < 1.29 is 0 Å². The third-order valence-electron chi connectivity index (χ3n) is 3.21. The van der Waals surface area contributed by atoms with Crippen LogP contribution in [0.5, 0.6) is 0 Å². The van der Waals surface area contributed by atoms with Gasteiger partial charge in [0.15, 0.2) is 0 Å². The summed E-state index contributed by atoms with van der Waals surface area (Å²) < 4.78 is 0. The highest BCUT2D eigenvalue weighted by Gasteiger charge is 2.26. The molecule has 12 heavy (non-hydrogen) atoms. The lowest BCUT2D eigenvalue weighted by molar-refractivity contribution is 0.105. The summed E-state index contributed by atoms with van der Waals surface area (Å²) in [7, 11) is 2.22. The van der Waals surface area contributed by atoms with Gasteiger partial charge in [-0.05, 0) is 51.2 Å². The van der Waals surface area contributed by atoms with Crippen LogP contribution in [0.3, 0.4) is 0 Å². The second-order valence-corrected chi connectivity index (χ2v) is 4.54. The second-order valence-electron chi connectivity index (χ2n) is 4.54. The summed E-state index contributed by atoms with van der Waals surface area (Å²) in [5.74, 6) is 2.00. The summed E-state index contributed by atoms with van der Waals surface area (Å²) in [6, 6.07) is 0. The Kier molecular flexibility index (Phi) is 2.66. The van der Waals surface area contributed by atoms with Gasteiger partial charge < -0.3 is 10.2 Å². The highest BCUT2D eigenvalue weighted by Crippen LogP contribution is 2.25. The lowest BCUT2D eigenvalue weighted by Crippen LogP contribution is -2.45. The zero-order valence-corrected chi connectivity index (χ0v) is 8.05. The number of rotatable bonds is 2. The standard InChI is InChI=1S/C10H20N2/c1-12-7-10(8-12)5-9-3-2-4-11-6-9/h9-11H,2-8H2,1H3. The van der Waals surface area contributed by atoms with Gasteiger partial charge in [0.2, 0.25) is 0 Å². The van der Waals surface area contributed by atoms with Gasteiger partial charge in [-0.1, -0.05) is 0 Å². The van der Waals surface area contributed by atoms with Crippen LogP contribution >= 0.6 is 0 Å². The van der Waals surface area contributed by atoms with Crippen LogP contribution in [0, 0.1) is 11.8 Å². The van der Waals surface area contributed by atoms with E-state index in [4.69, 9.17) is 0 Å². The average Bonchev–Trinajstić information content (AvgIpc) is 2.04. The summed E-state index contributed by atoms with van der Waals surface area (Å²) in [5, 5.41) is 3.49. The van der Waals surface area contributed by atoms with E-state index in [9.17, 15) is 0 Å². The lowest BCUT2D eigenvalue weighted by atomic mass is 9.85. The van der Waals surface area contributed by atoms with Gasteiger partial charge in [-0.25, -0.2) is 0 Å². The average molecular weight is 168 g/mol. The Morgan fingerprint density at radius 1 is 1.33 bits per heavy atom. The fourth-order valence-corrected chi connectivity index (χ4v) is 2.57. The van der Waals surface area contributed by atoms with E-state index in [1.807, 2.05) is 0 Å². The van der Waals surface area contributed by atoms with Crippen LogP contribution in [-0.4, -0.2) is 38.1 Å². The van der Waals surface area contributed by atoms with Gasteiger partial charge in [-0.15, -0.1) is 0 Å². The Labute approximate surface area is 75.3 Å². The molecule has 70 valence electrons. The van der Waals surface area contributed by atoms with Crippen LogP contribution in [-0.2, 0) is 0 Å². The third-order valence-corrected chi connectivity index (χ3v) is 3.21. The third kappa shape index (κ3) is 1.99. The molecule has 0 amide bonds. The minimum absolute atomic E-state index is 0.984. The van der Waals surface area contributed by atoms with Crippen LogP contribution in [0.1, 0.15) is 19.3 Å². The molecule has 2 heteroatoms. The van der Waals surface area contributed by atoms with Crippen molar-refractivity contribution in [1.82, 2.24) is 10.2 Å². The molecule has 0 aromatic carbocycles. The van der Waals surface area contributed by atoms with Crippen molar-refractivity contribution in [3.8, 4) is 0 Å². The second kappa shape index (κ2) is 3.75. The van der Waals surface area contributed by atoms with Gasteiger partial charge in [0.1, 0.15) is 0 Å². The van der Waals surface area contributed by atoms with Gasteiger partial charge in [0, 0.05) is 13.1 Å². The number of nitrogens with zero attached hydrogens (tertiary/aromatic N) is 1. The van der Waals surface area contributed by atoms with E-state index in [0.717, 1.165) is 11.8 Å². The van der Waals surface area contributed by atoms with Crippen LogP contribution < -0.4 is 5.32 Å². The molecule has 0 aromatic rings. The number of hydrogen-bond acceptors (Lipinski definition) is 2. The fourth-order valence-electron chi connectivity index (χ4n) is 2.57. The van der Waals surface area contributed by atoms with Crippen molar-refractivity contribution in [3.05, 3.63) is 0 Å². The van der Waals surface area contributed by atoms with Crippen molar-refractivity contribution in [3.63, 3.8) is 0 Å². The monoisotopic (exact) mass is 168 g/mol. The van der Waals surface area contributed by atoms with Crippen LogP contribution in [0.25, 0.3) is 0 Å². The molecule has 2 heterocycles. The maximum Gasteiger partial charge on any atom is 0.00191 e. The molecule has 2 aliphatic heterocycles. The van der Waals surface area contributed by atoms with Gasteiger partial charge in [0.05, 0.1) is 0 Å². The predicted octanol–water partition coefficient (Wildman–Crippen LogP) is 0.938. The van der Waals surface area contributed by atoms with E-state index in [1.54, 1.807) is 0 Å². The highest BCUT2D eigenvalue weighted by molar-refractivity contribution is 4.81. The van der Waals surface area contributed by atoms with Crippen molar-refractivity contribution in [2.75, 3.05) is 33.2 Å². The first-order valence-corrected chi connectivity index (χ1v) is 5.24. The number of piperidine rings is 1. The molecule has 1 unspecified atom stereocenters. The molecule has 0 bridgehead atoms. The molecule has 0 aliphatic carbocycles. The molecule has 2 rings (SSSR count). The molecule has 2 aliphatic rings. The Hall–Kier alpha value is -0.0800. The van der Waals surface area contributed by atoms with E-state index in [-0.39, 0.29) is 0 Å². The van der Waals surface area contributed by atoms with Crippen molar-refractivity contribution in [2.45, 2.75) is 19.3 Å². The maximum atomic E-state index is 3.49. The molecule has 0 spiro atoms. The van der Waals surface area contributed by atoms with Crippen LogP contribution in [0.15, 0.2) is 0 Å². The van der Waals surface area contributed by atoms with Crippen molar-refractivity contribution in [2.24, 2.45) is 11.8 Å². The van der Waals surface area contributed by atoms with Gasteiger partial charge in [0.25, 0.3) is 0 Å². The Balaban J connectivity index is 1.65. The summed E-state index contributed by atoms with van der Waals surface area (Å²) in [6.07, 6.45) is 4.33. The minimum atomic E-state index is 0.984. The Morgan fingerprint density at radius 3 is 2.75 bits per heavy atom. The normalized spacial score (nSPS) is 33.2. The molecule has 0 saturated carbocycles. The molecule has 2 fully saturated rings. The van der Waals surface area contributed by atoms with Crippen LogP contribution in [0.4, 0.5) is 0 Å². The molecule has 1 atom stereocenters. The maximum absolute atomic E-state index is 3.49. The van der Waals surface area contributed by atoms with E-state index in [1.165, 1.54) is 45.4 Å². The first kappa shape index (κ1) is 8.52. The molecular formula is C10H20N2. The summed E-state index contributed by atoms with van der Waals surface area (Å²) in [6.45, 7) is 5.22. The zero-order chi connectivity index (χ0) is 8.39. The minimum Gasteiger partial charge on any atom is -0.316 e. The van der Waals surface area contributed by atoms with Crippen molar-refractivity contribution >= 4 is 0 Å². The number of likely N-dealkylation sites (tertiary alicyclic amines) is 1. The highest BCUT2D eigenvalue weighted by atomic mass is 15.2. The Bertz CT molecular complexity index is 135. The van der Waals surface area contributed by atoms with Gasteiger partial charge in [-0.2, -0.15) is 0 Å². The summed E-state index contributed by atoms with van der Waals surface area (Å²) in [4.78, 5) is 2.42. The van der Waals surface area contributed by atoms with E-state index in [2.05, 4.69) is 17.3 Å². The molecule has 0 aromatic heterocycles. The Morgan fingerprint density at radius 2 is 2.17 bits per heavy atom. The lowest BCUT2D eigenvalue weighted by Gasteiger charge is -2.39. The molecule has 2 nitrogen and oxygen atoms in total. The molecule has 2 saturated heterocycles. The summed E-state index contributed by atoms with van der Waals surface area (Å²) >= 11 is 0. The largest absolute Gasteiger partial charge is 0.316 e. The first-order chi connectivity index (χ1) is 5.84. The number of hydrogen-bond donors (Lipinski definition) is 1. The fraction of sp³-hybridized carbons (Fsp3) is 1.00. The van der Waals surface area contributed by atoms with E-state index in [0.29, 0.717) is 0 Å². The predicted molar refractivity (Wildman–Crippen MR) is 51.2 cm³/mol. The van der Waals surface area contributed by atoms with E-state index >= 15 is 0 Å². The smallest absolute Gasteiger partial charge is 0.00191 e. The SMILES string of the molecule is CN1CC(CC2CCCNC2)C1. The van der Waals surface area contributed by atoms with E-state index < -0.39 is 0 Å². The zero-order valence-electron chi connectivity index (χ0n) is 8.05. The summed E-state index contributed by atoms with van der Waals surface area (Å²) in [5.41, 5.74) is 0. The quantitative estimate of drug-likeness (QED) is 0.660. The van der Waals surface area contributed by atoms with Gasteiger partial charge in [-0.3, -0.25) is 0 Å². The van der Waals surface area contributed by atoms with Crippen LogP contribution in [0.2, 0.25) is 0 Å². The molecule has 1 N–H and O–H groups in total. The van der Waals surface area contributed by atoms with Crippen molar-refractivity contribution in [1.29, 1.82) is 0 Å². The first-order valence-electron chi connectivity index (χ1n) is 5.24. The number of nitrogens with one attached hydrogen (secondary N) is 1. The molecule has 0 radical (unpaired) electrons. The topological polar surface area (TPSA) is 15.3 Å². The van der Waals surface area contributed by atoms with Gasteiger partial charge >= 0.3 is 0 Å². The molecular weight excluding hydrogens is 148 g/mol.